The summed E-state index contributed by atoms with van der Waals surface area (Å²) >= 11 is 17.7. The molecule has 1 aliphatic heterocycles. The molecule has 4 aromatic rings. The number of alkyl halides is 3. The third kappa shape index (κ3) is 4.54. The van der Waals surface area contributed by atoms with E-state index in [1.807, 2.05) is 41.0 Å². The summed E-state index contributed by atoms with van der Waals surface area (Å²) < 4.78 is -0.0251. The van der Waals surface area contributed by atoms with Gasteiger partial charge in [-0.1, -0.05) is 108 Å². The first-order chi connectivity index (χ1) is 15.9. The molecule has 0 aliphatic carbocycles. The Balaban J connectivity index is 1.47. The van der Waals surface area contributed by atoms with E-state index in [9.17, 15) is 4.79 Å². The van der Waals surface area contributed by atoms with Crippen LogP contribution in [0.5, 0.6) is 0 Å². The van der Waals surface area contributed by atoms with Gasteiger partial charge >= 0.3 is 0 Å². The number of carbonyl (C=O) groups excluding carboxylic acids is 1. The second-order valence-electron chi connectivity index (χ2n) is 8.17. The highest BCUT2D eigenvalue weighted by Crippen LogP contribution is 2.34. The number of para-hydroxylation sites is 1. The molecule has 6 heteroatoms. The first kappa shape index (κ1) is 22.1. The highest BCUT2D eigenvalue weighted by molar-refractivity contribution is 6.77. The van der Waals surface area contributed by atoms with E-state index in [0.717, 1.165) is 23.5 Å². The van der Waals surface area contributed by atoms with Crippen LogP contribution in [0.1, 0.15) is 27.3 Å². The Labute approximate surface area is 208 Å². The van der Waals surface area contributed by atoms with Crippen LogP contribution in [0.4, 0.5) is 5.69 Å². The lowest BCUT2D eigenvalue weighted by Gasteiger charge is -2.25. The Morgan fingerprint density at radius 1 is 0.758 bits per heavy atom. The molecule has 0 bridgehead atoms. The van der Waals surface area contributed by atoms with Crippen LogP contribution in [0.15, 0.2) is 91.0 Å². The minimum atomic E-state index is -1.98. The Kier molecular flexibility index (Phi) is 5.96. The maximum atomic E-state index is 12.7. The second-order valence-corrected chi connectivity index (χ2v) is 10.5. The number of hydrogen-bond donors (Lipinski definition) is 0. The molecule has 33 heavy (non-hydrogen) atoms. The Hall–Kier alpha value is -2.72. The molecule has 0 spiro atoms. The Morgan fingerprint density at radius 2 is 1.42 bits per heavy atom. The zero-order valence-electron chi connectivity index (χ0n) is 17.7. The SMILES string of the molecule is O=C(c1ccc2n1Cc1ccccc1N(Cc1ccc(-c3ccccc3)cc1)C2)C(Cl)(Cl)Cl. The summed E-state index contributed by atoms with van der Waals surface area (Å²) in [4.78, 5) is 15.0. The van der Waals surface area contributed by atoms with Crippen LogP contribution in [0.25, 0.3) is 11.1 Å². The summed E-state index contributed by atoms with van der Waals surface area (Å²) in [5, 5.41) is 0. The molecular weight excluding hydrogens is 475 g/mol. The van der Waals surface area contributed by atoms with Gasteiger partial charge in [-0.3, -0.25) is 4.79 Å². The van der Waals surface area contributed by atoms with Crippen molar-refractivity contribution in [3.63, 3.8) is 0 Å². The smallest absolute Gasteiger partial charge is 0.255 e. The van der Waals surface area contributed by atoms with Crippen molar-refractivity contribution >= 4 is 46.3 Å². The molecule has 3 nitrogen and oxygen atoms in total. The van der Waals surface area contributed by atoms with Crippen molar-refractivity contribution < 1.29 is 4.79 Å². The van der Waals surface area contributed by atoms with Crippen molar-refractivity contribution in [2.75, 3.05) is 4.90 Å². The number of aromatic nitrogens is 1. The van der Waals surface area contributed by atoms with Crippen molar-refractivity contribution in [3.05, 3.63) is 114 Å². The van der Waals surface area contributed by atoms with Crippen molar-refractivity contribution in [1.29, 1.82) is 0 Å². The fourth-order valence-electron chi connectivity index (χ4n) is 4.38. The lowest BCUT2D eigenvalue weighted by molar-refractivity contribution is 0.0987. The summed E-state index contributed by atoms with van der Waals surface area (Å²) in [6.07, 6.45) is 0. The molecule has 3 aromatic carbocycles. The van der Waals surface area contributed by atoms with Gasteiger partial charge in [-0.05, 0) is 40.5 Å². The van der Waals surface area contributed by atoms with Gasteiger partial charge in [-0.25, -0.2) is 0 Å². The molecule has 0 saturated carbocycles. The number of nitrogens with zero attached hydrogens (tertiary/aromatic N) is 2. The Morgan fingerprint density at radius 3 is 2.15 bits per heavy atom. The fraction of sp³-hybridized carbons (Fsp3) is 0.148. The highest BCUT2D eigenvalue weighted by Gasteiger charge is 2.35. The number of hydrogen-bond acceptors (Lipinski definition) is 2. The first-order valence-corrected chi connectivity index (χ1v) is 11.8. The van der Waals surface area contributed by atoms with Crippen LogP contribution in [-0.4, -0.2) is 14.1 Å². The molecule has 0 amide bonds. The van der Waals surface area contributed by atoms with Gasteiger partial charge in [0.1, 0.15) is 0 Å². The first-order valence-electron chi connectivity index (χ1n) is 10.7. The normalized spacial score (nSPS) is 13.2. The lowest BCUT2D eigenvalue weighted by atomic mass is 10.0. The summed E-state index contributed by atoms with van der Waals surface area (Å²) in [7, 11) is 0. The molecular formula is C27H21Cl3N2O. The molecule has 1 aromatic heterocycles. The second kappa shape index (κ2) is 8.90. The van der Waals surface area contributed by atoms with E-state index in [1.165, 1.54) is 16.7 Å². The summed E-state index contributed by atoms with van der Waals surface area (Å²) in [6, 6.07) is 31.0. The predicted molar refractivity (Wildman–Crippen MR) is 136 cm³/mol. The molecule has 0 N–H and O–H groups in total. The molecule has 5 rings (SSSR count). The van der Waals surface area contributed by atoms with Gasteiger partial charge in [0.2, 0.25) is 5.78 Å². The van der Waals surface area contributed by atoms with Crippen LogP contribution < -0.4 is 4.90 Å². The number of rotatable bonds is 4. The minimum Gasteiger partial charge on any atom is -0.361 e. The van der Waals surface area contributed by atoms with Gasteiger partial charge < -0.3 is 9.47 Å². The van der Waals surface area contributed by atoms with Crippen LogP contribution in [-0.2, 0) is 19.6 Å². The van der Waals surface area contributed by atoms with E-state index in [1.54, 1.807) is 6.07 Å². The lowest BCUT2D eigenvalue weighted by Crippen LogP contribution is -2.24. The van der Waals surface area contributed by atoms with Crippen LogP contribution in [0.2, 0.25) is 0 Å². The minimum absolute atomic E-state index is 0.411. The number of fused-ring (bicyclic) bond motifs is 2. The molecule has 1 aliphatic rings. The topological polar surface area (TPSA) is 25.2 Å². The van der Waals surface area contributed by atoms with Gasteiger partial charge in [-0.2, -0.15) is 0 Å². The van der Waals surface area contributed by atoms with Crippen molar-refractivity contribution in [1.82, 2.24) is 4.57 Å². The zero-order chi connectivity index (χ0) is 23.0. The molecule has 0 unspecified atom stereocenters. The maximum absolute atomic E-state index is 12.7. The number of carbonyl (C=O) groups is 1. The zero-order valence-corrected chi connectivity index (χ0v) is 20.0. The fourth-order valence-corrected chi connectivity index (χ4v) is 4.67. The van der Waals surface area contributed by atoms with E-state index < -0.39 is 9.58 Å². The van der Waals surface area contributed by atoms with Gasteiger partial charge in [-0.15, -0.1) is 0 Å². The molecule has 166 valence electrons. The summed E-state index contributed by atoms with van der Waals surface area (Å²) in [5.41, 5.74) is 7.28. The van der Waals surface area contributed by atoms with E-state index in [0.29, 0.717) is 18.8 Å². The van der Waals surface area contributed by atoms with Crippen molar-refractivity contribution in [3.8, 4) is 11.1 Å². The van der Waals surface area contributed by atoms with Gasteiger partial charge in [0.05, 0.1) is 18.8 Å². The largest absolute Gasteiger partial charge is 0.361 e. The van der Waals surface area contributed by atoms with E-state index in [-0.39, 0.29) is 0 Å². The van der Waals surface area contributed by atoms with Crippen molar-refractivity contribution in [2.24, 2.45) is 0 Å². The average Bonchev–Trinajstić information content (AvgIpc) is 3.13. The van der Waals surface area contributed by atoms with E-state index in [4.69, 9.17) is 34.8 Å². The maximum Gasteiger partial charge on any atom is 0.255 e. The van der Waals surface area contributed by atoms with Gasteiger partial charge in [0, 0.05) is 17.9 Å². The monoisotopic (exact) mass is 494 g/mol. The average molecular weight is 496 g/mol. The highest BCUT2D eigenvalue weighted by atomic mass is 35.6. The predicted octanol–water partition coefficient (Wildman–Crippen LogP) is 7.28. The third-order valence-electron chi connectivity index (χ3n) is 6.01. The van der Waals surface area contributed by atoms with Crippen molar-refractivity contribution in [2.45, 2.75) is 23.4 Å². The van der Waals surface area contributed by atoms with E-state index in [2.05, 4.69) is 53.4 Å². The van der Waals surface area contributed by atoms with Crippen LogP contribution in [0.3, 0.4) is 0 Å². The molecule has 0 radical (unpaired) electrons. The van der Waals surface area contributed by atoms with Crippen LogP contribution in [0, 0.1) is 0 Å². The van der Waals surface area contributed by atoms with E-state index >= 15 is 0 Å². The number of ketones is 1. The quantitative estimate of drug-likeness (QED) is 0.220. The number of Topliss-reactive ketones (excluding diaryl/α,β-unsaturated/α-hetero) is 1. The molecule has 0 fully saturated rings. The number of halogens is 3. The molecule has 0 saturated heterocycles. The van der Waals surface area contributed by atoms with Gasteiger partial charge in [0.15, 0.2) is 0 Å². The summed E-state index contributed by atoms with van der Waals surface area (Å²) in [6.45, 7) is 1.93. The third-order valence-corrected chi connectivity index (χ3v) is 6.52. The standard InChI is InChI=1S/C27H21Cl3N2O/c28-27(29,30)26(33)25-15-14-23-18-31(24-9-5-4-8-22(24)17-32(23)25)16-19-10-12-21(13-11-19)20-6-2-1-3-7-20/h1-15H,16-18H2. The van der Waals surface area contributed by atoms with Crippen LogP contribution >= 0.6 is 34.8 Å². The summed E-state index contributed by atoms with van der Waals surface area (Å²) in [5.74, 6) is -0.513. The molecule has 2 heterocycles. The number of benzene rings is 3. The molecule has 0 atom stereocenters. The Bertz CT molecular complexity index is 1290. The van der Waals surface area contributed by atoms with Gasteiger partial charge in [0.25, 0.3) is 3.79 Å². The number of anilines is 1.